The third-order valence-corrected chi connectivity index (χ3v) is 4.12. The first-order chi connectivity index (χ1) is 9.74. The van der Waals surface area contributed by atoms with Crippen LogP contribution in [0.3, 0.4) is 0 Å². The highest BCUT2D eigenvalue weighted by molar-refractivity contribution is 6.45. The molecule has 1 fully saturated rings. The van der Waals surface area contributed by atoms with E-state index in [1.54, 1.807) is 24.3 Å². The second-order valence-corrected chi connectivity index (χ2v) is 5.63. The second kappa shape index (κ2) is 7.48. The molecule has 0 saturated heterocycles. The fraction of sp³-hybridized carbons (Fsp3) is 0.562. The Kier molecular flexibility index (Phi) is 5.65. The first-order valence-corrected chi connectivity index (χ1v) is 7.61. The fourth-order valence-electron chi connectivity index (χ4n) is 2.60. The molecular formula is C16H23BNO2. The average Bonchev–Trinajstić information content (AvgIpc) is 2.44. The molecule has 1 aliphatic carbocycles. The summed E-state index contributed by atoms with van der Waals surface area (Å²) in [6, 6.07) is 7.11. The van der Waals surface area contributed by atoms with Gasteiger partial charge in [-0.3, -0.25) is 4.79 Å². The van der Waals surface area contributed by atoms with Crippen molar-refractivity contribution in [2.75, 3.05) is 13.1 Å². The molecule has 0 spiro atoms. The average molecular weight is 272 g/mol. The number of carbonyl (C=O) groups is 1. The molecule has 1 amide bonds. The van der Waals surface area contributed by atoms with Crippen molar-refractivity contribution in [2.45, 2.75) is 39.0 Å². The third-order valence-electron chi connectivity index (χ3n) is 4.12. The summed E-state index contributed by atoms with van der Waals surface area (Å²) < 4.78 is 0. The van der Waals surface area contributed by atoms with Gasteiger partial charge in [0, 0.05) is 18.7 Å². The van der Waals surface area contributed by atoms with Crippen LogP contribution in [0.15, 0.2) is 24.3 Å². The summed E-state index contributed by atoms with van der Waals surface area (Å²) in [6.07, 6.45) is 6.13. The van der Waals surface area contributed by atoms with Gasteiger partial charge in [-0.25, -0.2) is 0 Å². The highest BCUT2D eigenvalue weighted by atomic mass is 16.2. The number of carbonyl (C=O) groups excluding carboxylic acids is 1. The number of hydrogen-bond acceptors (Lipinski definition) is 2. The Morgan fingerprint density at radius 1 is 1.30 bits per heavy atom. The van der Waals surface area contributed by atoms with Gasteiger partial charge in [0.2, 0.25) is 0 Å². The maximum absolute atomic E-state index is 12.5. The highest BCUT2D eigenvalue weighted by Gasteiger charge is 2.20. The van der Waals surface area contributed by atoms with Gasteiger partial charge in [0.15, 0.2) is 0 Å². The summed E-state index contributed by atoms with van der Waals surface area (Å²) >= 11 is 0. The molecule has 1 radical (unpaired) electrons. The Morgan fingerprint density at radius 2 is 2.00 bits per heavy atom. The van der Waals surface area contributed by atoms with E-state index in [9.17, 15) is 4.79 Å². The molecule has 3 nitrogen and oxygen atoms in total. The molecule has 0 unspecified atom stereocenters. The monoisotopic (exact) mass is 272 g/mol. The topological polar surface area (TPSA) is 40.5 Å². The van der Waals surface area contributed by atoms with E-state index in [1.807, 2.05) is 4.90 Å². The number of rotatable bonds is 7. The molecule has 0 aromatic heterocycles. The predicted molar refractivity (Wildman–Crippen MR) is 82.2 cm³/mol. The van der Waals surface area contributed by atoms with E-state index < -0.39 is 0 Å². The van der Waals surface area contributed by atoms with Gasteiger partial charge >= 0.3 is 7.48 Å². The van der Waals surface area contributed by atoms with Crippen LogP contribution in [0, 0.1) is 5.92 Å². The van der Waals surface area contributed by atoms with Crippen LogP contribution in [0.5, 0.6) is 0 Å². The Hall–Kier alpha value is -1.29. The zero-order chi connectivity index (χ0) is 14.4. The fourth-order valence-corrected chi connectivity index (χ4v) is 2.60. The lowest BCUT2D eigenvalue weighted by Gasteiger charge is -2.29. The lowest BCUT2D eigenvalue weighted by Crippen LogP contribution is -2.34. The molecule has 4 heteroatoms. The molecular weight excluding hydrogens is 249 g/mol. The Morgan fingerprint density at radius 3 is 2.50 bits per heavy atom. The Labute approximate surface area is 122 Å². The molecule has 0 heterocycles. The van der Waals surface area contributed by atoms with Crippen LogP contribution in [-0.2, 0) is 0 Å². The van der Waals surface area contributed by atoms with Crippen LogP contribution in [0.2, 0.25) is 0 Å². The van der Waals surface area contributed by atoms with Crippen LogP contribution in [0.25, 0.3) is 0 Å². The molecule has 1 saturated carbocycles. The van der Waals surface area contributed by atoms with Crippen LogP contribution in [-0.4, -0.2) is 36.4 Å². The molecule has 20 heavy (non-hydrogen) atoms. The van der Waals surface area contributed by atoms with Crippen molar-refractivity contribution < 1.29 is 9.82 Å². The molecule has 0 atom stereocenters. The van der Waals surface area contributed by atoms with Gasteiger partial charge in [0.25, 0.3) is 5.91 Å². The van der Waals surface area contributed by atoms with Gasteiger partial charge in [-0.1, -0.05) is 43.8 Å². The summed E-state index contributed by atoms with van der Waals surface area (Å²) in [6.45, 7) is 3.79. The Bertz CT molecular complexity index is 429. The smallest absolute Gasteiger partial charge is 0.326 e. The van der Waals surface area contributed by atoms with Gasteiger partial charge < -0.3 is 9.92 Å². The van der Waals surface area contributed by atoms with Crippen molar-refractivity contribution in [3.05, 3.63) is 29.8 Å². The van der Waals surface area contributed by atoms with Gasteiger partial charge in [-0.2, -0.15) is 0 Å². The minimum absolute atomic E-state index is 0.107. The molecule has 1 aromatic rings. The summed E-state index contributed by atoms with van der Waals surface area (Å²) in [4.78, 5) is 14.5. The molecule has 0 bridgehead atoms. The van der Waals surface area contributed by atoms with E-state index in [0.717, 1.165) is 44.8 Å². The lowest BCUT2D eigenvalue weighted by molar-refractivity contribution is 0.0737. The van der Waals surface area contributed by atoms with Crippen molar-refractivity contribution in [2.24, 2.45) is 5.92 Å². The normalized spacial score (nSPS) is 14.7. The molecule has 1 aromatic carbocycles. The Balaban J connectivity index is 1.96. The van der Waals surface area contributed by atoms with Crippen molar-refractivity contribution in [1.29, 1.82) is 0 Å². The zero-order valence-electron chi connectivity index (χ0n) is 12.2. The minimum atomic E-state index is 0.107. The highest BCUT2D eigenvalue weighted by Crippen LogP contribution is 2.29. The van der Waals surface area contributed by atoms with E-state index in [4.69, 9.17) is 5.02 Å². The van der Waals surface area contributed by atoms with Crippen LogP contribution in [0.4, 0.5) is 0 Å². The molecule has 1 N–H and O–H groups in total. The zero-order valence-corrected chi connectivity index (χ0v) is 12.2. The number of benzene rings is 1. The molecule has 0 aliphatic heterocycles. The molecule has 2 rings (SSSR count). The number of amides is 1. The van der Waals surface area contributed by atoms with Gasteiger partial charge in [-0.05, 0) is 30.9 Å². The van der Waals surface area contributed by atoms with Crippen LogP contribution >= 0.6 is 0 Å². The summed E-state index contributed by atoms with van der Waals surface area (Å²) in [5.41, 5.74) is 1.43. The summed E-state index contributed by atoms with van der Waals surface area (Å²) in [5, 5.41) is 8.92. The van der Waals surface area contributed by atoms with Gasteiger partial charge in [-0.15, -0.1) is 0 Å². The van der Waals surface area contributed by atoms with Crippen molar-refractivity contribution in [3.8, 4) is 0 Å². The largest absolute Gasteiger partial charge is 0.450 e. The van der Waals surface area contributed by atoms with Crippen molar-refractivity contribution in [3.63, 3.8) is 0 Å². The third kappa shape index (κ3) is 3.86. The summed E-state index contributed by atoms with van der Waals surface area (Å²) in [7, 11) is 1.05. The van der Waals surface area contributed by atoms with E-state index in [2.05, 4.69) is 6.92 Å². The second-order valence-electron chi connectivity index (χ2n) is 5.63. The SMILES string of the molecule is CCCN(CCC1CCC1)C(=O)c1ccc([B]O)cc1. The van der Waals surface area contributed by atoms with Gasteiger partial charge in [0.05, 0.1) is 0 Å². The number of nitrogens with zero attached hydrogens (tertiary/aromatic N) is 1. The van der Waals surface area contributed by atoms with E-state index in [1.165, 1.54) is 19.3 Å². The van der Waals surface area contributed by atoms with Crippen molar-refractivity contribution in [1.82, 2.24) is 4.90 Å². The van der Waals surface area contributed by atoms with Crippen LogP contribution in [0.1, 0.15) is 49.4 Å². The first kappa shape index (κ1) is 15.1. The lowest BCUT2D eigenvalue weighted by atomic mass is 9.83. The maximum Gasteiger partial charge on any atom is 0.326 e. The standard InChI is InChI=1S/C16H23BNO2/c1-2-11-18(12-10-13-4-3-5-13)16(19)14-6-8-15(17-20)9-7-14/h6-9,13,20H,2-5,10-12H2,1H3. The van der Waals surface area contributed by atoms with E-state index in [-0.39, 0.29) is 5.91 Å². The van der Waals surface area contributed by atoms with Crippen molar-refractivity contribution >= 4 is 18.9 Å². The van der Waals surface area contributed by atoms with E-state index in [0.29, 0.717) is 5.56 Å². The summed E-state index contributed by atoms with van der Waals surface area (Å²) in [5.74, 6) is 0.934. The molecule has 1 aliphatic rings. The first-order valence-electron chi connectivity index (χ1n) is 7.61. The minimum Gasteiger partial charge on any atom is -0.450 e. The molecule has 107 valence electrons. The van der Waals surface area contributed by atoms with Gasteiger partial charge in [0.1, 0.15) is 0 Å². The maximum atomic E-state index is 12.5. The number of hydrogen-bond donors (Lipinski definition) is 1. The quantitative estimate of drug-likeness (QED) is 0.771. The van der Waals surface area contributed by atoms with Crippen LogP contribution < -0.4 is 5.46 Å². The predicted octanol–water partition coefficient (Wildman–Crippen LogP) is 1.97. The van der Waals surface area contributed by atoms with E-state index >= 15 is 0 Å².